The molecule has 1 atom stereocenters. The smallest absolute Gasteiger partial charge is 0.336 e. The molecule has 0 saturated heterocycles. The highest BCUT2D eigenvalue weighted by atomic mass is 16.5. The highest BCUT2D eigenvalue weighted by Gasteiger charge is 2.18. The van der Waals surface area contributed by atoms with Crippen molar-refractivity contribution in [1.29, 1.82) is 0 Å². The fourth-order valence-corrected chi connectivity index (χ4v) is 1.52. The molecule has 0 aliphatic heterocycles. The van der Waals surface area contributed by atoms with Crippen LogP contribution in [0.3, 0.4) is 0 Å². The summed E-state index contributed by atoms with van der Waals surface area (Å²) in [6.45, 7) is 4.21. The molecular weight excluding hydrogens is 282 g/mol. The van der Waals surface area contributed by atoms with Gasteiger partial charge in [-0.05, 0) is 11.5 Å². The molecule has 1 aromatic rings. The molecule has 5 nitrogen and oxygen atoms in total. The molecule has 1 rings (SSSR count). The zero-order valence-corrected chi connectivity index (χ0v) is 12.9. The molecule has 0 aliphatic rings. The van der Waals surface area contributed by atoms with Crippen LogP contribution in [0.15, 0.2) is 30.3 Å². The van der Waals surface area contributed by atoms with Crippen LogP contribution in [0.2, 0.25) is 0 Å². The normalized spacial score (nSPS) is 11.5. The first-order valence-electron chi connectivity index (χ1n) is 7.08. The Morgan fingerprint density at radius 1 is 1.23 bits per heavy atom. The minimum Gasteiger partial charge on any atom is -0.464 e. The standard InChI is InChI=1S/C17H21NO4/c1-4-15(18-10-16(19)21-11-13(2)3)17(20)22-12-14-8-6-5-7-9-14/h1,5-9,13,15,18H,10-12H2,2-3H3. The van der Waals surface area contributed by atoms with E-state index in [4.69, 9.17) is 15.9 Å². The van der Waals surface area contributed by atoms with E-state index in [1.54, 1.807) is 0 Å². The van der Waals surface area contributed by atoms with Crippen LogP contribution in [0.1, 0.15) is 19.4 Å². The second-order valence-electron chi connectivity index (χ2n) is 5.15. The molecule has 1 aromatic carbocycles. The molecule has 0 aliphatic carbocycles. The number of carbonyl (C=O) groups excluding carboxylic acids is 2. The van der Waals surface area contributed by atoms with Gasteiger partial charge in [-0.2, -0.15) is 0 Å². The average Bonchev–Trinajstić information content (AvgIpc) is 2.52. The van der Waals surface area contributed by atoms with Crippen LogP contribution in [0.5, 0.6) is 0 Å². The molecule has 0 fully saturated rings. The van der Waals surface area contributed by atoms with Gasteiger partial charge in [0.25, 0.3) is 0 Å². The molecule has 0 heterocycles. The number of rotatable bonds is 8. The van der Waals surface area contributed by atoms with Gasteiger partial charge in [0.2, 0.25) is 0 Å². The van der Waals surface area contributed by atoms with Crippen molar-refractivity contribution in [2.24, 2.45) is 5.92 Å². The molecule has 0 spiro atoms. The summed E-state index contributed by atoms with van der Waals surface area (Å²) in [5.41, 5.74) is 0.864. The summed E-state index contributed by atoms with van der Waals surface area (Å²) in [5, 5.41) is 2.64. The lowest BCUT2D eigenvalue weighted by atomic mass is 10.2. The SMILES string of the molecule is C#CC(NCC(=O)OCC(C)C)C(=O)OCc1ccccc1. The number of hydrogen-bond acceptors (Lipinski definition) is 5. The summed E-state index contributed by atoms with van der Waals surface area (Å²) in [4.78, 5) is 23.3. The second-order valence-corrected chi connectivity index (χ2v) is 5.15. The minimum atomic E-state index is -0.977. The van der Waals surface area contributed by atoms with Gasteiger partial charge in [-0.3, -0.25) is 10.1 Å². The zero-order valence-electron chi connectivity index (χ0n) is 12.9. The predicted octanol–water partition coefficient (Wildman–Crippen LogP) is 1.52. The van der Waals surface area contributed by atoms with Gasteiger partial charge in [0.05, 0.1) is 13.2 Å². The van der Waals surface area contributed by atoms with E-state index in [0.717, 1.165) is 5.56 Å². The summed E-state index contributed by atoms with van der Waals surface area (Å²) in [7, 11) is 0. The van der Waals surface area contributed by atoms with Crippen LogP contribution >= 0.6 is 0 Å². The van der Waals surface area contributed by atoms with Crippen molar-refractivity contribution in [1.82, 2.24) is 5.32 Å². The van der Waals surface area contributed by atoms with E-state index in [1.165, 1.54) is 0 Å². The zero-order chi connectivity index (χ0) is 16.4. The molecule has 1 unspecified atom stereocenters. The lowest BCUT2D eigenvalue weighted by molar-refractivity contribution is -0.147. The topological polar surface area (TPSA) is 64.6 Å². The predicted molar refractivity (Wildman–Crippen MR) is 82.7 cm³/mol. The number of ether oxygens (including phenoxy) is 2. The summed E-state index contributed by atoms with van der Waals surface area (Å²) < 4.78 is 10.1. The van der Waals surface area contributed by atoms with Gasteiger partial charge in [0, 0.05) is 0 Å². The van der Waals surface area contributed by atoms with Crippen LogP contribution in [0.4, 0.5) is 0 Å². The molecule has 22 heavy (non-hydrogen) atoms. The van der Waals surface area contributed by atoms with Gasteiger partial charge in [-0.1, -0.05) is 50.1 Å². The monoisotopic (exact) mass is 303 g/mol. The van der Waals surface area contributed by atoms with Crippen LogP contribution in [0, 0.1) is 18.3 Å². The third kappa shape index (κ3) is 6.91. The Bertz CT molecular complexity index is 519. The van der Waals surface area contributed by atoms with Gasteiger partial charge in [-0.25, -0.2) is 4.79 Å². The van der Waals surface area contributed by atoms with Crippen LogP contribution < -0.4 is 5.32 Å². The van der Waals surface area contributed by atoms with Crippen molar-refractivity contribution >= 4 is 11.9 Å². The first-order chi connectivity index (χ1) is 10.5. The lowest BCUT2D eigenvalue weighted by Gasteiger charge is -2.13. The van der Waals surface area contributed by atoms with Crippen molar-refractivity contribution in [3.8, 4) is 12.3 Å². The number of esters is 2. The maximum absolute atomic E-state index is 11.8. The van der Waals surface area contributed by atoms with E-state index in [2.05, 4.69) is 11.2 Å². The van der Waals surface area contributed by atoms with E-state index in [9.17, 15) is 9.59 Å². The molecule has 118 valence electrons. The average molecular weight is 303 g/mol. The molecule has 0 bridgehead atoms. The Morgan fingerprint density at radius 3 is 2.50 bits per heavy atom. The summed E-state index contributed by atoms with van der Waals surface area (Å²) in [6, 6.07) is 8.29. The summed E-state index contributed by atoms with van der Waals surface area (Å²) in [6.07, 6.45) is 5.29. The van der Waals surface area contributed by atoms with Gasteiger partial charge in [0.1, 0.15) is 6.61 Å². The first kappa shape index (κ1) is 17.7. The molecule has 0 amide bonds. The fraction of sp³-hybridized carbons (Fsp3) is 0.412. The molecule has 0 radical (unpaired) electrons. The maximum atomic E-state index is 11.8. The fourth-order valence-electron chi connectivity index (χ4n) is 1.52. The number of nitrogens with one attached hydrogen (secondary N) is 1. The Morgan fingerprint density at radius 2 is 1.91 bits per heavy atom. The van der Waals surface area contributed by atoms with Crippen LogP contribution in [0.25, 0.3) is 0 Å². The van der Waals surface area contributed by atoms with Crippen molar-refractivity contribution in [3.63, 3.8) is 0 Å². The third-order valence-corrected chi connectivity index (χ3v) is 2.65. The van der Waals surface area contributed by atoms with Crippen molar-refractivity contribution in [2.45, 2.75) is 26.5 Å². The second kappa shape index (κ2) is 9.59. The maximum Gasteiger partial charge on any atom is 0.336 e. The Hall–Kier alpha value is -2.32. The Labute approximate surface area is 131 Å². The summed E-state index contributed by atoms with van der Waals surface area (Å²) >= 11 is 0. The van der Waals surface area contributed by atoms with E-state index in [1.807, 2.05) is 44.2 Å². The minimum absolute atomic E-state index is 0.136. The van der Waals surface area contributed by atoms with Crippen LogP contribution in [-0.2, 0) is 25.7 Å². The molecule has 1 N–H and O–H groups in total. The van der Waals surface area contributed by atoms with Gasteiger partial charge < -0.3 is 9.47 Å². The van der Waals surface area contributed by atoms with Crippen molar-refractivity contribution < 1.29 is 19.1 Å². The highest BCUT2D eigenvalue weighted by molar-refractivity contribution is 5.80. The first-order valence-corrected chi connectivity index (χ1v) is 7.08. The third-order valence-electron chi connectivity index (χ3n) is 2.65. The Kier molecular flexibility index (Phi) is 7.73. The summed E-state index contributed by atoms with van der Waals surface area (Å²) in [5.74, 6) is 1.47. The van der Waals surface area contributed by atoms with E-state index in [-0.39, 0.29) is 19.1 Å². The number of hydrogen-bond donors (Lipinski definition) is 1. The van der Waals surface area contributed by atoms with Crippen molar-refractivity contribution in [2.75, 3.05) is 13.2 Å². The van der Waals surface area contributed by atoms with Gasteiger partial charge in [-0.15, -0.1) is 6.42 Å². The quantitative estimate of drug-likeness (QED) is 0.583. The molecule has 5 heteroatoms. The molecule has 0 aromatic heterocycles. The lowest BCUT2D eigenvalue weighted by Crippen LogP contribution is -2.40. The number of benzene rings is 1. The number of terminal acetylenes is 1. The Balaban J connectivity index is 2.35. The van der Waals surface area contributed by atoms with E-state index >= 15 is 0 Å². The molecule has 0 saturated carbocycles. The van der Waals surface area contributed by atoms with Crippen molar-refractivity contribution in [3.05, 3.63) is 35.9 Å². The highest BCUT2D eigenvalue weighted by Crippen LogP contribution is 2.02. The van der Waals surface area contributed by atoms with E-state index < -0.39 is 18.0 Å². The van der Waals surface area contributed by atoms with Gasteiger partial charge >= 0.3 is 11.9 Å². The van der Waals surface area contributed by atoms with Gasteiger partial charge in [0.15, 0.2) is 6.04 Å². The number of carbonyl (C=O) groups is 2. The largest absolute Gasteiger partial charge is 0.464 e. The molecular formula is C17H21NO4. The van der Waals surface area contributed by atoms with E-state index in [0.29, 0.717) is 6.61 Å². The van der Waals surface area contributed by atoms with Crippen LogP contribution in [-0.4, -0.2) is 31.1 Å².